The van der Waals surface area contributed by atoms with E-state index in [4.69, 9.17) is 4.74 Å². The molecule has 2 rings (SSSR count). The van der Waals surface area contributed by atoms with Crippen LogP contribution in [0.3, 0.4) is 0 Å². The summed E-state index contributed by atoms with van der Waals surface area (Å²) in [5.41, 5.74) is 1.40. The number of pyridine rings is 1. The minimum atomic E-state index is 0.182. The molecule has 0 bridgehead atoms. The lowest BCUT2D eigenvalue weighted by Crippen LogP contribution is -2.51. The maximum atomic E-state index is 5.59. The largest absolute Gasteiger partial charge is 0.492 e. The Morgan fingerprint density at radius 1 is 1.35 bits per heavy atom. The van der Waals surface area contributed by atoms with Crippen LogP contribution in [0.4, 0.5) is 0 Å². The summed E-state index contributed by atoms with van der Waals surface area (Å²) in [4.78, 5) is 6.73. The van der Waals surface area contributed by atoms with Gasteiger partial charge >= 0.3 is 0 Å². The van der Waals surface area contributed by atoms with Crippen LogP contribution >= 0.6 is 0 Å². The molecule has 1 saturated carbocycles. The number of aromatic nitrogens is 1. The van der Waals surface area contributed by atoms with Crippen LogP contribution in [0.2, 0.25) is 0 Å². The molecule has 20 heavy (non-hydrogen) atoms. The number of nitrogens with zero attached hydrogens (tertiary/aromatic N) is 2. The number of nitrogens with one attached hydrogen (secondary N) is 1. The van der Waals surface area contributed by atoms with E-state index < -0.39 is 0 Å². The molecule has 1 fully saturated rings. The predicted molar refractivity (Wildman–Crippen MR) is 82.1 cm³/mol. The van der Waals surface area contributed by atoms with Crippen molar-refractivity contribution in [2.45, 2.75) is 44.2 Å². The Labute approximate surface area is 122 Å². The molecule has 1 aliphatic rings. The van der Waals surface area contributed by atoms with Gasteiger partial charge in [0, 0.05) is 11.7 Å². The molecule has 1 aliphatic carbocycles. The van der Waals surface area contributed by atoms with Crippen LogP contribution in [0, 0.1) is 0 Å². The molecule has 0 aromatic carbocycles. The van der Waals surface area contributed by atoms with E-state index in [1.165, 1.54) is 31.2 Å². The van der Waals surface area contributed by atoms with Crippen LogP contribution in [0.25, 0.3) is 0 Å². The summed E-state index contributed by atoms with van der Waals surface area (Å²) in [6, 6.07) is 2.41. The van der Waals surface area contributed by atoms with Crippen molar-refractivity contribution < 1.29 is 4.74 Å². The van der Waals surface area contributed by atoms with Gasteiger partial charge in [-0.2, -0.15) is 0 Å². The fourth-order valence-electron chi connectivity index (χ4n) is 3.57. The summed E-state index contributed by atoms with van der Waals surface area (Å²) < 4.78 is 5.59. The summed E-state index contributed by atoms with van der Waals surface area (Å²) in [5.74, 6) is 0.858. The van der Waals surface area contributed by atoms with Crippen LogP contribution in [0.1, 0.15) is 44.2 Å². The van der Waals surface area contributed by atoms with E-state index in [1.807, 2.05) is 20.2 Å². The first-order valence-electron chi connectivity index (χ1n) is 7.56. The van der Waals surface area contributed by atoms with E-state index in [9.17, 15) is 0 Å². The van der Waals surface area contributed by atoms with E-state index >= 15 is 0 Å². The fraction of sp³-hybridized carbons (Fsp3) is 0.688. The van der Waals surface area contributed by atoms with Crippen molar-refractivity contribution in [2.24, 2.45) is 0 Å². The Balaban J connectivity index is 2.33. The minimum Gasteiger partial charge on any atom is -0.492 e. The second kappa shape index (κ2) is 6.55. The van der Waals surface area contributed by atoms with Gasteiger partial charge in [0.25, 0.3) is 0 Å². The van der Waals surface area contributed by atoms with Gasteiger partial charge in [0.1, 0.15) is 5.75 Å². The van der Waals surface area contributed by atoms with E-state index in [0.717, 1.165) is 5.75 Å². The van der Waals surface area contributed by atoms with Gasteiger partial charge in [-0.3, -0.25) is 4.98 Å². The normalized spacial score (nSPS) is 19.2. The third-order valence-electron chi connectivity index (χ3n) is 4.56. The van der Waals surface area contributed by atoms with Crippen LogP contribution in [0.15, 0.2) is 18.5 Å². The molecule has 4 heteroatoms. The molecule has 1 heterocycles. The molecule has 4 nitrogen and oxygen atoms in total. The van der Waals surface area contributed by atoms with Gasteiger partial charge < -0.3 is 15.0 Å². The van der Waals surface area contributed by atoms with Gasteiger partial charge in [-0.05, 0) is 52.5 Å². The third-order valence-corrected chi connectivity index (χ3v) is 4.56. The number of likely N-dealkylation sites (N-methyl/N-ethyl adjacent to an activating group) is 2. The Hall–Kier alpha value is -1.13. The molecule has 1 aromatic rings. The van der Waals surface area contributed by atoms with Gasteiger partial charge in [0.05, 0.1) is 18.8 Å². The summed E-state index contributed by atoms with van der Waals surface area (Å²) >= 11 is 0. The van der Waals surface area contributed by atoms with Crippen molar-refractivity contribution in [1.82, 2.24) is 15.2 Å². The molecular formula is C16H27N3O. The first-order valence-corrected chi connectivity index (χ1v) is 7.56. The third kappa shape index (κ3) is 2.81. The zero-order valence-corrected chi connectivity index (χ0v) is 13.1. The van der Waals surface area contributed by atoms with Gasteiger partial charge in [-0.25, -0.2) is 0 Å². The van der Waals surface area contributed by atoms with E-state index in [2.05, 4.69) is 35.4 Å². The molecule has 0 spiro atoms. The van der Waals surface area contributed by atoms with Crippen LogP contribution in [0.5, 0.6) is 5.75 Å². The van der Waals surface area contributed by atoms with Crippen molar-refractivity contribution in [2.75, 3.05) is 27.7 Å². The molecule has 1 unspecified atom stereocenters. The van der Waals surface area contributed by atoms with Crippen molar-refractivity contribution in [3.05, 3.63) is 24.0 Å². The first-order chi connectivity index (χ1) is 9.64. The monoisotopic (exact) mass is 277 g/mol. The fourth-order valence-corrected chi connectivity index (χ4v) is 3.57. The van der Waals surface area contributed by atoms with E-state index in [0.29, 0.717) is 6.61 Å². The topological polar surface area (TPSA) is 37.4 Å². The summed E-state index contributed by atoms with van der Waals surface area (Å²) in [7, 11) is 6.42. The number of rotatable bonds is 6. The maximum Gasteiger partial charge on any atom is 0.137 e. The second-order valence-electron chi connectivity index (χ2n) is 5.81. The van der Waals surface area contributed by atoms with Gasteiger partial charge in [-0.15, -0.1) is 0 Å². The lowest BCUT2D eigenvalue weighted by atomic mass is 9.83. The van der Waals surface area contributed by atoms with Crippen molar-refractivity contribution in [3.63, 3.8) is 0 Å². The molecule has 1 aromatic heterocycles. The average molecular weight is 277 g/mol. The molecule has 112 valence electrons. The Kier molecular flexibility index (Phi) is 5.00. The van der Waals surface area contributed by atoms with E-state index in [-0.39, 0.29) is 11.6 Å². The van der Waals surface area contributed by atoms with Crippen molar-refractivity contribution >= 4 is 0 Å². The first kappa shape index (κ1) is 15.3. The van der Waals surface area contributed by atoms with Crippen LogP contribution in [-0.2, 0) is 0 Å². The van der Waals surface area contributed by atoms with Gasteiger partial charge in [0.15, 0.2) is 0 Å². The second-order valence-corrected chi connectivity index (χ2v) is 5.81. The zero-order chi connectivity index (χ0) is 14.6. The highest BCUT2D eigenvalue weighted by Crippen LogP contribution is 2.43. The quantitative estimate of drug-likeness (QED) is 0.867. The molecule has 1 N–H and O–H groups in total. The number of hydrogen-bond acceptors (Lipinski definition) is 4. The van der Waals surface area contributed by atoms with Crippen LogP contribution < -0.4 is 10.1 Å². The van der Waals surface area contributed by atoms with Gasteiger partial charge in [-0.1, -0.05) is 12.8 Å². The van der Waals surface area contributed by atoms with Crippen molar-refractivity contribution in [3.8, 4) is 5.75 Å². The average Bonchev–Trinajstić information content (AvgIpc) is 2.91. The highest BCUT2D eigenvalue weighted by Gasteiger charge is 2.43. The number of ether oxygens (including phenoxy) is 1. The van der Waals surface area contributed by atoms with Crippen LogP contribution in [-0.4, -0.2) is 43.2 Å². The lowest BCUT2D eigenvalue weighted by molar-refractivity contribution is 0.108. The maximum absolute atomic E-state index is 5.59. The summed E-state index contributed by atoms with van der Waals surface area (Å²) in [5, 5.41) is 3.51. The SMILES string of the molecule is CCOc1cncc(C(NC)C2(N(C)C)CCCC2)c1. The molecule has 0 radical (unpaired) electrons. The Morgan fingerprint density at radius 2 is 2.05 bits per heavy atom. The highest BCUT2D eigenvalue weighted by atomic mass is 16.5. The lowest BCUT2D eigenvalue weighted by Gasteiger charge is -2.43. The molecule has 1 atom stereocenters. The Morgan fingerprint density at radius 3 is 2.60 bits per heavy atom. The predicted octanol–water partition coefficient (Wildman–Crippen LogP) is 2.62. The Bertz CT molecular complexity index is 427. The smallest absolute Gasteiger partial charge is 0.137 e. The summed E-state index contributed by atoms with van der Waals surface area (Å²) in [6.45, 7) is 2.68. The standard InChI is InChI=1S/C16H27N3O/c1-5-20-14-10-13(11-18-12-14)15(17-2)16(19(3)4)8-6-7-9-16/h10-12,15,17H,5-9H2,1-4H3. The van der Waals surface area contributed by atoms with Gasteiger partial charge in [0.2, 0.25) is 0 Å². The van der Waals surface area contributed by atoms with Crippen molar-refractivity contribution in [1.29, 1.82) is 0 Å². The molecule has 0 amide bonds. The molecule has 0 aliphatic heterocycles. The molecule has 0 saturated heterocycles. The zero-order valence-electron chi connectivity index (χ0n) is 13.1. The summed E-state index contributed by atoms with van der Waals surface area (Å²) in [6.07, 6.45) is 8.81. The minimum absolute atomic E-state index is 0.182. The van der Waals surface area contributed by atoms with E-state index in [1.54, 1.807) is 6.20 Å². The number of hydrogen-bond donors (Lipinski definition) is 1. The highest BCUT2D eigenvalue weighted by molar-refractivity contribution is 5.29. The molecular weight excluding hydrogens is 250 g/mol.